The minimum Gasteiger partial charge on any atom is -0.376 e. The molecule has 3 heterocycles. The van der Waals surface area contributed by atoms with Crippen molar-refractivity contribution in [1.82, 2.24) is 9.97 Å². The van der Waals surface area contributed by atoms with Crippen LogP contribution in [0.25, 0.3) is 10.2 Å². The predicted molar refractivity (Wildman–Crippen MR) is 71.1 cm³/mol. The molecule has 1 fully saturated rings. The minimum atomic E-state index is -0.150. The number of hydrogen-bond donors (Lipinski definition) is 1. The summed E-state index contributed by atoms with van der Waals surface area (Å²) in [6, 6.07) is 2.04. The van der Waals surface area contributed by atoms with Gasteiger partial charge in [-0.3, -0.25) is 0 Å². The van der Waals surface area contributed by atoms with Gasteiger partial charge in [0.2, 0.25) is 0 Å². The lowest BCUT2D eigenvalue weighted by atomic mass is 10.3. The summed E-state index contributed by atoms with van der Waals surface area (Å²) in [5, 5.41) is 6.38. The summed E-state index contributed by atoms with van der Waals surface area (Å²) in [5.74, 6) is 1.59. The smallest absolute Gasteiger partial charge is 0.163 e. The Kier molecular flexibility index (Phi) is 3.40. The van der Waals surface area contributed by atoms with E-state index >= 15 is 0 Å². The average molecular weight is 265 g/mol. The van der Waals surface area contributed by atoms with Crippen LogP contribution in [0.3, 0.4) is 0 Å². The summed E-state index contributed by atoms with van der Waals surface area (Å²) in [4.78, 5) is 10.1. The van der Waals surface area contributed by atoms with E-state index in [9.17, 15) is 0 Å². The Bertz CT molecular complexity index is 537. The lowest BCUT2D eigenvalue weighted by molar-refractivity contribution is -0.0933. The van der Waals surface area contributed by atoms with Crippen molar-refractivity contribution in [2.45, 2.75) is 13.0 Å². The molecule has 0 aromatic carbocycles. The van der Waals surface area contributed by atoms with Crippen molar-refractivity contribution in [1.29, 1.82) is 0 Å². The van der Waals surface area contributed by atoms with Gasteiger partial charge in [0.25, 0.3) is 0 Å². The predicted octanol–water partition coefficient (Wildman–Crippen LogP) is 2.21. The van der Waals surface area contributed by atoms with Gasteiger partial charge in [-0.25, -0.2) is 9.97 Å². The molecule has 0 bridgehead atoms. The molecule has 0 saturated carbocycles. The van der Waals surface area contributed by atoms with Crippen LogP contribution in [0.4, 0.5) is 5.82 Å². The fraction of sp³-hybridized carbons (Fsp3) is 0.500. The minimum absolute atomic E-state index is 0.150. The number of aromatic nitrogens is 2. The molecule has 6 heteroatoms. The number of thiophene rings is 1. The fourth-order valence-corrected chi connectivity index (χ4v) is 2.73. The molecule has 0 aliphatic carbocycles. The first-order valence-electron chi connectivity index (χ1n) is 6.07. The zero-order valence-corrected chi connectivity index (χ0v) is 11.0. The molecule has 0 amide bonds. The summed E-state index contributed by atoms with van der Waals surface area (Å²) in [6.07, 6.45) is -0.150. The SMILES string of the molecule is CCNc1nc(C2COCCO2)nc2sccc12. The van der Waals surface area contributed by atoms with Crippen molar-refractivity contribution in [3.63, 3.8) is 0 Å². The maximum absolute atomic E-state index is 5.65. The topological polar surface area (TPSA) is 56.3 Å². The Balaban J connectivity index is 2.00. The third-order valence-corrected chi connectivity index (χ3v) is 3.60. The first kappa shape index (κ1) is 11.8. The van der Waals surface area contributed by atoms with Gasteiger partial charge in [0.05, 0.1) is 25.2 Å². The van der Waals surface area contributed by atoms with Crippen LogP contribution in [-0.4, -0.2) is 36.3 Å². The number of fused-ring (bicyclic) bond motifs is 1. The maximum atomic E-state index is 5.65. The Hall–Kier alpha value is -1.24. The first-order chi connectivity index (χ1) is 8.88. The van der Waals surface area contributed by atoms with Gasteiger partial charge in [-0.1, -0.05) is 0 Å². The summed E-state index contributed by atoms with van der Waals surface area (Å²) in [5.41, 5.74) is 0. The molecule has 18 heavy (non-hydrogen) atoms. The van der Waals surface area contributed by atoms with Gasteiger partial charge in [0.15, 0.2) is 5.82 Å². The van der Waals surface area contributed by atoms with Crippen molar-refractivity contribution in [3.05, 3.63) is 17.3 Å². The second-order valence-corrected chi connectivity index (χ2v) is 4.93. The van der Waals surface area contributed by atoms with Crippen LogP contribution in [0.15, 0.2) is 11.4 Å². The zero-order valence-electron chi connectivity index (χ0n) is 10.2. The molecule has 1 atom stereocenters. The highest BCUT2D eigenvalue weighted by Crippen LogP contribution is 2.28. The third-order valence-electron chi connectivity index (χ3n) is 2.79. The van der Waals surface area contributed by atoms with E-state index in [0.717, 1.165) is 22.6 Å². The molecule has 0 spiro atoms. The number of anilines is 1. The Morgan fingerprint density at radius 2 is 2.39 bits per heavy atom. The number of nitrogens with zero attached hydrogens (tertiary/aromatic N) is 2. The van der Waals surface area contributed by atoms with Gasteiger partial charge in [0.1, 0.15) is 16.8 Å². The molecule has 1 aliphatic heterocycles. The van der Waals surface area contributed by atoms with Crippen LogP contribution in [0.2, 0.25) is 0 Å². The van der Waals surface area contributed by atoms with Gasteiger partial charge in [-0.15, -0.1) is 11.3 Å². The lowest BCUT2D eigenvalue weighted by Crippen LogP contribution is -2.23. The normalized spacial score (nSPS) is 20.2. The Morgan fingerprint density at radius 3 is 3.17 bits per heavy atom. The van der Waals surface area contributed by atoms with Crippen molar-refractivity contribution in [2.24, 2.45) is 0 Å². The summed E-state index contributed by atoms with van der Waals surface area (Å²) < 4.78 is 11.1. The van der Waals surface area contributed by atoms with Gasteiger partial charge >= 0.3 is 0 Å². The molecule has 5 nitrogen and oxygen atoms in total. The van der Waals surface area contributed by atoms with E-state index in [-0.39, 0.29) is 6.10 Å². The molecule has 2 aromatic rings. The van der Waals surface area contributed by atoms with Crippen LogP contribution in [0.5, 0.6) is 0 Å². The largest absolute Gasteiger partial charge is 0.376 e. The molecular weight excluding hydrogens is 250 g/mol. The summed E-state index contributed by atoms with van der Waals surface area (Å²) in [6.45, 7) is 4.68. The molecule has 1 N–H and O–H groups in total. The van der Waals surface area contributed by atoms with Gasteiger partial charge < -0.3 is 14.8 Å². The molecule has 0 radical (unpaired) electrons. The molecule has 1 unspecified atom stereocenters. The summed E-state index contributed by atoms with van der Waals surface area (Å²) >= 11 is 1.62. The standard InChI is InChI=1S/C12H15N3O2S/c1-2-13-10-8-3-6-18-12(8)15-11(14-10)9-7-16-4-5-17-9/h3,6,9H,2,4-5,7H2,1H3,(H,13,14,15). The van der Waals surface area contributed by atoms with Crippen LogP contribution in [0, 0.1) is 0 Å². The van der Waals surface area contributed by atoms with E-state index in [2.05, 4.69) is 22.2 Å². The lowest BCUT2D eigenvalue weighted by Gasteiger charge is -2.22. The number of nitrogens with one attached hydrogen (secondary N) is 1. The van der Waals surface area contributed by atoms with E-state index in [4.69, 9.17) is 9.47 Å². The third kappa shape index (κ3) is 2.19. The van der Waals surface area contributed by atoms with Crippen molar-refractivity contribution in [3.8, 4) is 0 Å². The molecule has 1 saturated heterocycles. The van der Waals surface area contributed by atoms with Gasteiger partial charge in [-0.05, 0) is 18.4 Å². The van der Waals surface area contributed by atoms with Crippen LogP contribution < -0.4 is 5.32 Å². The van der Waals surface area contributed by atoms with Crippen LogP contribution >= 0.6 is 11.3 Å². The number of ether oxygens (including phenoxy) is 2. The molecular formula is C12H15N3O2S. The van der Waals surface area contributed by atoms with Gasteiger partial charge in [0, 0.05) is 6.54 Å². The van der Waals surface area contributed by atoms with E-state index in [0.29, 0.717) is 25.6 Å². The van der Waals surface area contributed by atoms with Crippen LogP contribution in [0.1, 0.15) is 18.9 Å². The molecule has 3 rings (SSSR count). The van der Waals surface area contributed by atoms with Crippen molar-refractivity contribution in [2.75, 3.05) is 31.7 Å². The second-order valence-electron chi connectivity index (χ2n) is 4.03. The van der Waals surface area contributed by atoms with E-state index in [1.54, 1.807) is 11.3 Å². The monoisotopic (exact) mass is 265 g/mol. The van der Waals surface area contributed by atoms with E-state index in [1.165, 1.54) is 0 Å². The average Bonchev–Trinajstić information content (AvgIpc) is 2.88. The molecule has 1 aliphatic rings. The quantitative estimate of drug-likeness (QED) is 0.922. The maximum Gasteiger partial charge on any atom is 0.163 e. The van der Waals surface area contributed by atoms with E-state index in [1.807, 2.05) is 11.4 Å². The van der Waals surface area contributed by atoms with E-state index < -0.39 is 0 Å². The second kappa shape index (κ2) is 5.17. The summed E-state index contributed by atoms with van der Waals surface area (Å²) in [7, 11) is 0. The first-order valence-corrected chi connectivity index (χ1v) is 6.95. The van der Waals surface area contributed by atoms with Crippen molar-refractivity contribution >= 4 is 27.4 Å². The fourth-order valence-electron chi connectivity index (χ4n) is 1.95. The zero-order chi connectivity index (χ0) is 12.4. The Labute approximate surface area is 109 Å². The highest BCUT2D eigenvalue weighted by atomic mass is 32.1. The van der Waals surface area contributed by atoms with Gasteiger partial charge in [-0.2, -0.15) is 0 Å². The molecule has 96 valence electrons. The Morgan fingerprint density at radius 1 is 1.44 bits per heavy atom. The number of rotatable bonds is 3. The highest BCUT2D eigenvalue weighted by Gasteiger charge is 2.21. The highest BCUT2D eigenvalue weighted by molar-refractivity contribution is 7.16. The van der Waals surface area contributed by atoms with Crippen LogP contribution in [-0.2, 0) is 9.47 Å². The molecule has 2 aromatic heterocycles. The number of hydrogen-bond acceptors (Lipinski definition) is 6. The van der Waals surface area contributed by atoms with Crippen molar-refractivity contribution < 1.29 is 9.47 Å².